The van der Waals surface area contributed by atoms with Crippen LogP contribution in [0.15, 0.2) is 18.2 Å². The molecule has 1 aromatic carbocycles. The zero-order chi connectivity index (χ0) is 14.0. The van der Waals surface area contributed by atoms with E-state index in [-0.39, 0.29) is 23.0 Å². The molecule has 0 aliphatic carbocycles. The van der Waals surface area contributed by atoms with Crippen LogP contribution in [-0.2, 0) is 0 Å². The van der Waals surface area contributed by atoms with E-state index in [9.17, 15) is 9.50 Å². The normalized spacial score (nSPS) is 19.4. The second kappa shape index (κ2) is 5.47. The van der Waals surface area contributed by atoms with Crippen molar-refractivity contribution >= 4 is 0 Å². The highest BCUT2D eigenvalue weighted by Gasteiger charge is 2.34. The number of halogens is 1. The summed E-state index contributed by atoms with van der Waals surface area (Å²) in [6.45, 7) is 10.1. The van der Waals surface area contributed by atoms with E-state index in [1.54, 1.807) is 12.1 Å². The van der Waals surface area contributed by atoms with Crippen LogP contribution in [0, 0.1) is 11.2 Å². The summed E-state index contributed by atoms with van der Waals surface area (Å²) >= 11 is 0. The molecule has 0 aromatic heterocycles. The van der Waals surface area contributed by atoms with Gasteiger partial charge in [-0.1, -0.05) is 26.8 Å². The Morgan fingerprint density at radius 3 is 2.42 bits per heavy atom. The van der Waals surface area contributed by atoms with Crippen LogP contribution in [0.5, 0.6) is 5.75 Å². The fraction of sp³-hybridized carbons (Fsp3) is 0.600. The standard InChI is InChI=1S/C15H23FN2O/c1-15(2,3)14(18-8-6-17-7-9-18)12-5-4-11(19)10-13(12)16/h4-5,10,14,17,19H,6-9H2,1-3H3/t14-/m0/s1. The van der Waals surface area contributed by atoms with Crippen molar-refractivity contribution in [3.63, 3.8) is 0 Å². The van der Waals surface area contributed by atoms with E-state index in [0.29, 0.717) is 5.56 Å². The summed E-state index contributed by atoms with van der Waals surface area (Å²) in [4.78, 5) is 2.33. The van der Waals surface area contributed by atoms with Gasteiger partial charge in [-0.3, -0.25) is 4.90 Å². The van der Waals surface area contributed by atoms with Gasteiger partial charge in [0.05, 0.1) is 0 Å². The molecule has 1 aliphatic rings. The average Bonchev–Trinajstić information content (AvgIpc) is 2.32. The van der Waals surface area contributed by atoms with E-state index in [4.69, 9.17) is 0 Å². The molecule has 2 rings (SSSR count). The Hall–Kier alpha value is -1.13. The first-order valence-electron chi connectivity index (χ1n) is 6.83. The second-order valence-electron chi connectivity index (χ2n) is 6.26. The Morgan fingerprint density at radius 1 is 1.26 bits per heavy atom. The fourth-order valence-corrected chi connectivity index (χ4v) is 2.89. The first kappa shape index (κ1) is 14.3. The number of hydrogen-bond acceptors (Lipinski definition) is 3. The summed E-state index contributed by atoms with van der Waals surface area (Å²) in [5.74, 6) is -0.340. The first-order chi connectivity index (χ1) is 8.89. The van der Waals surface area contributed by atoms with Gasteiger partial charge in [-0.15, -0.1) is 0 Å². The molecule has 1 aromatic rings. The highest BCUT2D eigenvalue weighted by atomic mass is 19.1. The predicted octanol–water partition coefficient (Wildman–Crippen LogP) is 2.52. The molecule has 0 spiro atoms. The minimum atomic E-state index is -0.321. The molecule has 1 saturated heterocycles. The molecule has 1 atom stereocenters. The number of phenolic OH excluding ortho intramolecular Hbond substituents is 1. The lowest BCUT2D eigenvalue weighted by atomic mass is 9.80. The third-order valence-electron chi connectivity index (χ3n) is 3.62. The van der Waals surface area contributed by atoms with E-state index < -0.39 is 0 Å². The van der Waals surface area contributed by atoms with Gasteiger partial charge in [0.2, 0.25) is 0 Å². The molecule has 0 bridgehead atoms. The number of hydrogen-bond donors (Lipinski definition) is 2. The molecule has 0 radical (unpaired) electrons. The Kier molecular flexibility index (Phi) is 4.11. The molecule has 0 saturated carbocycles. The van der Waals surface area contributed by atoms with Crippen LogP contribution in [0.2, 0.25) is 0 Å². The molecule has 2 N–H and O–H groups in total. The van der Waals surface area contributed by atoms with Crippen molar-refractivity contribution in [1.82, 2.24) is 10.2 Å². The summed E-state index contributed by atoms with van der Waals surface area (Å²) < 4.78 is 14.2. The molecule has 1 aliphatic heterocycles. The number of rotatable bonds is 2. The van der Waals surface area contributed by atoms with E-state index in [1.165, 1.54) is 6.07 Å². The van der Waals surface area contributed by atoms with Crippen molar-refractivity contribution in [2.75, 3.05) is 26.2 Å². The van der Waals surface area contributed by atoms with Crippen LogP contribution in [0.4, 0.5) is 4.39 Å². The number of nitrogens with zero attached hydrogens (tertiary/aromatic N) is 1. The van der Waals surface area contributed by atoms with E-state index in [1.807, 2.05) is 0 Å². The lowest BCUT2D eigenvalue weighted by Crippen LogP contribution is -2.48. The summed E-state index contributed by atoms with van der Waals surface area (Å²) in [7, 11) is 0. The minimum Gasteiger partial charge on any atom is -0.508 e. The Morgan fingerprint density at radius 2 is 1.89 bits per heavy atom. The highest BCUT2D eigenvalue weighted by Crippen LogP contribution is 2.39. The SMILES string of the molecule is CC(C)(C)[C@H](c1ccc(O)cc1F)N1CCNCC1. The molecular formula is C15H23FN2O. The monoisotopic (exact) mass is 266 g/mol. The third-order valence-corrected chi connectivity index (χ3v) is 3.62. The molecular weight excluding hydrogens is 243 g/mol. The van der Waals surface area contributed by atoms with Crippen molar-refractivity contribution < 1.29 is 9.50 Å². The summed E-state index contributed by atoms with van der Waals surface area (Å²) in [6, 6.07) is 4.51. The molecule has 0 amide bonds. The van der Waals surface area contributed by atoms with Crippen LogP contribution in [0.25, 0.3) is 0 Å². The van der Waals surface area contributed by atoms with Gasteiger partial charge >= 0.3 is 0 Å². The summed E-state index contributed by atoms with van der Waals surface area (Å²) in [5.41, 5.74) is 0.613. The molecule has 1 fully saturated rings. The number of benzene rings is 1. The molecule has 19 heavy (non-hydrogen) atoms. The van der Waals surface area contributed by atoms with Gasteiger partial charge < -0.3 is 10.4 Å². The fourth-order valence-electron chi connectivity index (χ4n) is 2.89. The number of nitrogens with one attached hydrogen (secondary N) is 1. The zero-order valence-electron chi connectivity index (χ0n) is 11.9. The number of aromatic hydroxyl groups is 1. The quantitative estimate of drug-likeness (QED) is 0.863. The van der Waals surface area contributed by atoms with Crippen molar-refractivity contribution in [3.8, 4) is 5.75 Å². The van der Waals surface area contributed by atoms with Crippen LogP contribution in [0.3, 0.4) is 0 Å². The Labute approximate surface area is 114 Å². The van der Waals surface area contributed by atoms with Crippen LogP contribution < -0.4 is 5.32 Å². The lowest BCUT2D eigenvalue weighted by Gasteiger charge is -2.42. The van der Waals surface area contributed by atoms with E-state index >= 15 is 0 Å². The van der Waals surface area contributed by atoms with Crippen molar-refractivity contribution in [2.24, 2.45) is 5.41 Å². The van der Waals surface area contributed by atoms with E-state index in [0.717, 1.165) is 26.2 Å². The average molecular weight is 266 g/mol. The molecule has 4 heteroatoms. The lowest BCUT2D eigenvalue weighted by molar-refractivity contribution is 0.0834. The van der Waals surface area contributed by atoms with Gasteiger partial charge in [-0.05, 0) is 11.5 Å². The molecule has 3 nitrogen and oxygen atoms in total. The summed E-state index contributed by atoms with van der Waals surface area (Å²) in [5, 5.41) is 12.7. The van der Waals surface area contributed by atoms with Gasteiger partial charge in [-0.2, -0.15) is 0 Å². The van der Waals surface area contributed by atoms with Gasteiger partial charge in [0.15, 0.2) is 0 Å². The van der Waals surface area contributed by atoms with Crippen LogP contribution >= 0.6 is 0 Å². The zero-order valence-corrected chi connectivity index (χ0v) is 11.9. The second-order valence-corrected chi connectivity index (χ2v) is 6.26. The van der Waals surface area contributed by atoms with Gasteiger partial charge in [-0.25, -0.2) is 4.39 Å². The Bertz CT molecular complexity index is 436. The van der Waals surface area contributed by atoms with Crippen LogP contribution in [0.1, 0.15) is 32.4 Å². The van der Waals surface area contributed by atoms with Gasteiger partial charge in [0.1, 0.15) is 11.6 Å². The number of phenols is 1. The van der Waals surface area contributed by atoms with Crippen molar-refractivity contribution in [3.05, 3.63) is 29.6 Å². The third kappa shape index (κ3) is 3.25. The maximum Gasteiger partial charge on any atom is 0.131 e. The predicted molar refractivity (Wildman–Crippen MR) is 74.7 cm³/mol. The molecule has 106 valence electrons. The number of piperazine rings is 1. The molecule has 0 unspecified atom stereocenters. The maximum atomic E-state index is 14.2. The maximum absolute atomic E-state index is 14.2. The minimum absolute atomic E-state index is 0.0192. The van der Waals surface area contributed by atoms with Crippen molar-refractivity contribution in [2.45, 2.75) is 26.8 Å². The smallest absolute Gasteiger partial charge is 0.131 e. The largest absolute Gasteiger partial charge is 0.508 e. The van der Waals surface area contributed by atoms with Gasteiger partial charge in [0.25, 0.3) is 0 Å². The van der Waals surface area contributed by atoms with Gasteiger partial charge in [0, 0.05) is 43.9 Å². The van der Waals surface area contributed by atoms with Crippen molar-refractivity contribution in [1.29, 1.82) is 0 Å². The topological polar surface area (TPSA) is 35.5 Å². The highest BCUT2D eigenvalue weighted by molar-refractivity contribution is 5.31. The van der Waals surface area contributed by atoms with E-state index in [2.05, 4.69) is 31.0 Å². The first-order valence-corrected chi connectivity index (χ1v) is 6.83. The Balaban J connectivity index is 2.36. The van der Waals surface area contributed by atoms with Crippen LogP contribution in [-0.4, -0.2) is 36.2 Å². The summed E-state index contributed by atoms with van der Waals surface area (Å²) in [6.07, 6.45) is 0. The molecule has 1 heterocycles.